The number of carbonyl (C=O) groups is 2. The van der Waals surface area contributed by atoms with Gasteiger partial charge in [-0.2, -0.15) is 0 Å². The number of likely N-dealkylation sites (N-methyl/N-ethyl adjacent to an activating group) is 2. The standard InChI is InChI=1S/C12H25N3O2.ClH/c1-5-8-12(4,13)11(17)15(7-3)9-10(16)14-6-2;/h5-9,13H2,1-4H3,(H,14,16);1H. The molecule has 1 unspecified atom stereocenters. The number of nitrogens with zero attached hydrogens (tertiary/aromatic N) is 1. The molecule has 0 heterocycles. The van der Waals surface area contributed by atoms with Crippen LogP contribution >= 0.6 is 12.4 Å². The first-order valence-electron chi connectivity index (χ1n) is 6.23. The normalized spacial score (nSPS) is 13.2. The molecule has 0 aliphatic rings. The van der Waals surface area contributed by atoms with E-state index in [1.165, 1.54) is 4.90 Å². The summed E-state index contributed by atoms with van der Waals surface area (Å²) >= 11 is 0. The highest BCUT2D eigenvalue weighted by molar-refractivity contribution is 5.89. The Balaban J connectivity index is 0. The predicted molar refractivity (Wildman–Crippen MR) is 75.7 cm³/mol. The zero-order valence-electron chi connectivity index (χ0n) is 11.8. The average molecular weight is 280 g/mol. The molecule has 108 valence electrons. The van der Waals surface area contributed by atoms with Gasteiger partial charge in [0.05, 0.1) is 12.1 Å². The molecule has 0 radical (unpaired) electrons. The van der Waals surface area contributed by atoms with Crippen molar-refractivity contribution in [3.05, 3.63) is 0 Å². The number of amides is 2. The van der Waals surface area contributed by atoms with Crippen LogP contribution in [0.1, 0.15) is 40.5 Å². The van der Waals surface area contributed by atoms with E-state index < -0.39 is 5.54 Å². The van der Waals surface area contributed by atoms with E-state index in [2.05, 4.69) is 5.32 Å². The number of halogens is 1. The van der Waals surface area contributed by atoms with Crippen molar-refractivity contribution in [3.8, 4) is 0 Å². The summed E-state index contributed by atoms with van der Waals surface area (Å²) in [4.78, 5) is 25.1. The van der Waals surface area contributed by atoms with Crippen molar-refractivity contribution < 1.29 is 9.59 Å². The van der Waals surface area contributed by atoms with E-state index >= 15 is 0 Å². The van der Waals surface area contributed by atoms with Gasteiger partial charge in [0.25, 0.3) is 0 Å². The fraction of sp³-hybridized carbons (Fsp3) is 0.833. The first-order valence-corrected chi connectivity index (χ1v) is 6.23. The topological polar surface area (TPSA) is 75.4 Å². The third-order valence-corrected chi connectivity index (χ3v) is 2.64. The number of carbonyl (C=O) groups excluding carboxylic acids is 2. The SMILES string of the molecule is CCCC(C)(N)C(=O)N(CC)CC(=O)NCC.Cl. The summed E-state index contributed by atoms with van der Waals surface area (Å²) in [6.45, 7) is 8.54. The maximum absolute atomic E-state index is 12.1. The molecule has 0 aliphatic carbocycles. The summed E-state index contributed by atoms with van der Waals surface area (Å²) in [5.74, 6) is -0.303. The van der Waals surface area contributed by atoms with Crippen molar-refractivity contribution in [2.45, 2.75) is 46.1 Å². The van der Waals surface area contributed by atoms with Gasteiger partial charge in [0.1, 0.15) is 0 Å². The van der Waals surface area contributed by atoms with Gasteiger partial charge in [0.15, 0.2) is 0 Å². The Morgan fingerprint density at radius 3 is 2.22 bits per heavy atom. The lowest BCUT2D eigenvalue weighted by molar-refractivity contribution is -0.140. The van der Waals surface area contributed by atoms with Crippen LogP contribution in [-0.4, -0.2) is 41.9 Å². The highest BCUT2D eigenvalue weighted by Crippen LogP contribution is 2.12. The van der Waals surface area contributed by atoms with Gasteiger partial charge in [0, 0.05) is 13.1 Å². The first kappa shape index (κ1) is 19.5. The van der Waals surface area contributed by atoms with Crippen molar-refractivity contribution in [3.63, 3.8) is 0 Å². The van der Waals surface area contributed by atoms with Crippen LogP contribution in [0.25, 0.3) is 0 Å². The summed E-state index contributed by atoms with van der Waals surface area (Å²) in [5, 5.41) is 2.67. The summed E-state index contributed by atoms with van der Waals surface area (Å²) < 4.78 is 0. The summed E-state index contributed by atoms with van der Waals surface area (Å²) in [7, 11) is 0. The third-order valence-electron chi connectivity index (χ3n) is 2.64. The Morgan fingerprint density at radius 1 is 1.28 bits per heavy atom. The van der Waals surface area contributed by atoms with Crippen LogP contribution in [-0.2, 0) is 9.59 Å². The largest absolute Gasteiger partial charge is 0.355 e. The Hall–Kier alpha value is -0.810. The summed E-state index contributed by atoms with van der Waals surface area (Å²) in [5.41, 5.74) is 5.10. The quantitative estimate of drug-likeness (QED) is 0.727. The number of hydrogen-bond donors (Lipinski definition) is 2. The summed E-state index contributed by atoms with van der Waals surface area (Å²) in [6, 6.07) is 0. The van der Waals surface area contributed by atoms with Gasteiger partial charge in [-0.05, 0) is 27.2 Å². The van der Waals surface area contributed by atoms with E-state index in [4.69, 9.17) is 5.73 Å². The number of nitrogens with two attached hydrogens (primary N) is 1. The number of hydrogen-bond acceptors (Lipinski definition) is 3. The second kappa shape index (κ2) is 9.16. The second-order valence-corrected chi connectivity index (χ2v) is 4.44. The predicted octanol–water partition coefficient (Wildman–Crippen LogP) is 0.910. The minimum absolute atomic E-state index is 0. The molecule has 0 spiro atoms. The Morgan fingerprint density at radius 2 is 1.83 bits per heavy atom. The van der Waals surface area contributed by atoms with Crippen LogP contribution in [0.5, 0.6) is 0 Å². The lowest BCUT2D eigenvalue weighted by Crippen LogP contribution is -2.55. The van der Waals surface area contributed by atoms with Gasteiger partial charge in [-0.1, -0.05) is 13.3 Å². The molecule has 0 aliphatic heterocycles. The highest BCUT2D eigenvalue weighted by atomic mass is 35.5. The monoisotopic (exact) mass is 279 g/mol. The first-order chi connectivity index (χ1) is 7.88. The van der Waals surface area contributed by atoms with Gasteiger partial charge in [-0.15, -0.1) is 12.4 Å². The molecule has 0 saturated carbocycles. The molecule has 0 saturated heterocycles. The lowest BCUT2D eigenvalue weighted by atomic mass is 9.95. The van der Waals surface area contributed by atoms with Crippen LogP contribution in [0.15, 0.2) is 0 Å². The van der Waals surface area contributed by atoms with Gasteiger partial charge < -0.3 is 16.0 Å². The molecular weight excluding hydrogens is 254 g/mol. The average Bonchev–Trinajstić information content (AvgIpc) is 2.25. The van der Waals surface area contributed by atoms with Gasteiger partial charge in [-0.25, -0.2) is 0 Å². The molecule has 0 aromatic rings. The van der Waals surface area contributed by atoms with E-state index in [0.717, 1.165) is 6.42 Å². The maximum Gasteiger partial charge on any atom is 0.242 e. The molecule has 1 atom stereocenters. The van der Waals surface area contributed by atoms with E-state index in [-0.39, 0.29) is 30.8 Å². The zero-order valence-corrected chi connectivity index (χ0v) is 12.6. The molecule has 2 amide bonds. The fourth-order valence-corrected chi connectivity index (χ4v) is 1.74. The molecule has 0 rings (SSSR count). The Kier molecular flexibility index (Phi) is 9.94. The van der Waals surface area contributed by atoms with Crippen LogP contribution in [0.3, 0.4) is 0 Å². The molecule has 3 N–H and O–H groups in total. The van der Waals surface area contributed by atoms with E-state index in [0.29, 0.717) is 19.5 Å². The molecular formula is C12H26ClN3O2. The smallest absolute Gasteiger partial charge is 0.242 e. The van der Waals surface area contributed by atoms with Crippen molar-refractivity contribution in [1.29, 1.82) is 0 Å². The Bertz CT molecular complexity index is 270. The molecule has 5 nitrogen and oxygen atoms in total. The Labute approximate surface area is 116 Å². The van der Waals surface area contributed by atoms with Crippen molar-refractivity contribution in [2.24, 2.45) is 5.73 Å². The molecule has 0 bridgehead atoms. The van der Waals surface area contributed by atoms with Crippen molar-refractivity contribution in [1.82, 2.24) is 10.2 Å². The van der Waals surface area contributed by atoms with Gasteiger partial charge >= 0.3 is 0 Å². The molecule has 0 aromatic carbocycles. The molecule has 0 aromatic heterocycles. The molecule has 6 heteroatoms. The van der Waals surface area contributed by atoms with Crippen molar-refractivity contribution in [2.75, 3.05) is 19.6 Å². The van der Waals surface area contributed by atoms with E-state index in [1.54, 1.807) is 6.92 Å². The molecule has 0 fully saturated rings. The van der Waals surface area contributed by atoms with Gasteiger partial charge in [0.2, 0.25) is 11.8 Å². The minimum atomic E-state index is -0.878. The maximum atomic E-state index is 12.1. The second-order valence-electron chi connectivity index (χ2n) is 4.44. The highest BCUT2D eigenvalue weighted by Gasteiger charge is 2.31. The van der Waals surface area contributed by atoms with Crippen LogP contribution in [0.2, 0.25) is 0 Å². The third kappa shape index (κ3) is 6.21. The number of nitrogens with one attached hydrogen (secondary N) is 1. The van der Waals surface area contributed by atoms with E-state index in [1.807, 2.05) is 20.8 Å². The van der Waals surface area contributed by atoms with Crippen LogP contribution < -0.4 is 11.1 Å². The molecule has 18 heavy (non-hydrogen) atoms. The van der Waals surface area contributed by atoms with Gasteiger partial charge in [-0.3, -0.25) is 9.59 Å². The minimum Gasteiger partial charge on any atom is -0.355 e. The van der Waals surface area contributed by atoms with Crippen molar-refractivity contribution >= 4 is 24.2 Å². The lowest BCUT2D eigenvalue weighted by Gasteiger charge is -2.30. The summed E-state index contributed by atoms with van der Waals surface area (Å²) in [6.07, 6.45) is 1.47. The number of rotatable bonds is 7. The van der Waals surface area contributed by atoms with Crippen LogP contribution in [0, 0.1) is 0 Å². The van der Waals surface area contributed by atoms with E-state index in [9.17, 15) is 9.59 Å². The fourth-order valence-electron chi connectivity index (χ4n) is 1.74. The zero-order chi connectivity index (χ0) is 13.5. The van der Waals surface area contributed by atoms with Crippen LogP contribution in [0.4, 0.5) is 0 Å².